The number of carbonyl (C=O) groups excluding carboxylic acids is 2. The van der Waals surface area contributed by atoms with E-state index in [1.165, 1.54) is 65.8 Å². The molecule has 0 heterocycles. The molecular formula is C40H44F19NO6Si. The zero-order valence-corrected chi connectivity index (χ0v) is 37.1. The Hall–Kier alpha value is -4.43. The van der Waals surface area contributed by atoms with Gasteiger partial charge in [0, 0.05) is 24.5 Å². The molecule has 1 amide bonds. The summed E-state index contributed by atoms with van der Waals surface area (Å²) in [6, 6.07) is 6.24. The number of alkyl halides is 17. The van der Waals surface area contributed by atoms with Gasteiger partial charge >= 0.3 is 59.7 Å². The molecule has 27 heteroatoms. The molecule has 0 radical (unpaired) electrons. The number of anilines is 1. The van der Waals surface area contributed by atoms with E-state index in [0.717, 1.165) is 12.1 Å². The average Bonchev–Trinajstić information content (AvgIpc) is 3.20. The number of rotatable bonds is 23. The van der Waals surface area contributed by atoms with Crippen LogP contribution in [0.2, 0.25) is 17.1 Å². The molecule has 0 aliphatic heterocycles. The summed E-state index contributed by atoms with van der Waals surface area (Å²) in [5.74, 6) is -59.7. The highest BCUT2D eigenvalue weighted by molar-refractivity contribution is 6.76. The Bertz CT molecular complexity index is 2030. The van der Waals surface area contributed by atoms with E-state index in [1.807, 2.05) is 0 Å². The molecule has 2 aromatic rings. The van der Waals surface area contributed by atoms with Gasteiger partial charge in [0.1, 0.15) is 30.1 Å². The lowest BCUT2D eigenvalue weighted by atomic mass is 9.88. The number of ether oxygens (including phenoxy) is 3. The minimum Gasteiger partial charge on any atom is -0.491 e. The van der Waals surface area contributed by atoms with Crippen molar-refractivity contribution in [3.63, 3.8) is 0 Å². The lowest BCUT2D eigenvalue weighted by molar-refractivity contribution is -0.461. The molecule has 0 saturated heterocycles. The van der Waals surface area contributed by atoms with Crippen LogP contribution in [0.15, 0.2) is 53.6 Å². The van der Waals surface area contributed by atoms with Gasteiger partial charge in [0.25, 0.3) is 0 Å². The van der Waals surface area contributed by atoms with Gasteiger partial charge in [-0.2, -0.15) is 74.6 Å². The van der Waals surface area contributed by atoms with Crippen LogP contribution < -0.4 is 10.1 Å². The van der Waals surface area contributed by atoms with E-state index >= 15 is 8.78 Å². The normalized spacial score (nSPS) is 14.8. The monoisotopic (exact) mass is 1020 g/mol. The predicted molar refractivity (Wildman–Crippen MR) is 203 cm³/mol. The molecular weight excluding hydrogens is 979 g/mol. The first-order valence-corrected chi connectivity index (χ1v) is 21.8. The minimum absolute atomic E-state index is 0.0324. The van der Waals surface area contributed by atoms with Crippen LogP contribution in [-0.2, 0) is 18.7 Å². The lowest BCUT2D eigenvalue weighted by Crippen LogP contribution is -2.74. The van der Waals surface area contributed by atoms with Gasteiger partial charge in [-0.3, -0.25) is 5.32 Å². The van der Waals surface area contributed by atoms with E-state index in [0.29, 0.717) is 11.6 Å². The van der Waals surface area contributed by atoms with E-state index in [1.54, 1.807) is 6.92 Å². The van der Waals surface area contributed by atoms with Gasteiger partial charge < -0.3 is 18.6 Å². The van der Waals surface area contributed by atoms with Crippen molar-refractivity contribution < 1.29 is 112 Å². The van der Waals surface area contributed by atoms with Crippen molar-refractivity contribution in [2.24, 2.45) is 0 Å². The molecule has 7 nitrogen and oxygen atoms in total. The maximum Gasteiger partial charge on any atom is 0.460 e. The Morgan fingerprint density at radius 2 is 1.16 bits per heavy atom. The summed E-state index contributed by atoms with van der Waals surface area (Å²) < 4.78 is 285. The Morgan fingerprint density at radius 1 is 0.672 bits per heavy atom. The van der Waals surface area contributed by atoms with Crippen LogP contribution in [0.3, 0.4) is 0 Å². The minimum atomic E-state index is -8.72. The van der Waals surface area contributed by atoms with Crippen molar-refractivity contribution in [1.82, 2.24) is 0 Å². The maximum atomic E-state index is 15.0. The quantitative estimate of drug-likeness (QED) is 0.0393. The molecule has 0 unspecified atom stereocenters. The van der Waals surface area contributed by atoms with E-state index in [-0.39, 0.29) is 29.9 Å². The van der Waals surface area contributed by atoms with Gasteiger partial charge in [-0.15, -0.1) is 0 Å². The van der Waals surface area contributed by atoms with Gasteiger partial charge in [-0.25, -0.2) is 18.4 Å². The lowest BCUT2D eigenvalue weighted by Gasteiger charge is -2.44. The molecule has 0 aliphatic rings. The van der Waals surface area contributed by atoms with Crippen LogP contribution in [0.25, 0.3) is 0 Å². The second-order valence-electron chi connectivity index (χ2n) is 15.7. The van der Waals surface area contributed by atoms with Crippen molar-refractivity contribution in [2.75, 3.05) is 25.1 Å². The molecule has 0 aliphatic carbocycles. The van der Waals surface area contributed by atoms with Crippen LogP contribution >= 0.6 is 0 Å². The number of benzene rings is 2. The highest BCUT2D eigenvalue weighted by Crippen LogP contribution is 2.64. The van der Waals surface area contributed by atoms with Crippen molar-refractivity contribution in [3.05, 3.63) is 70.8 Å². The fourth-order valence-corrected chi connectivity index (χ4v) is 10.9. The number of hydrogen-bond donors (Lipinski definition) is 1. The van der Waals surface area contributed by atoms with Gasteiger partial charge in [0.05, 0.1) is 18.9 Å². The zero-order valence-electron chi connectivity index (χ0n) is 36.1. The van der Waals surface area contributed by atoms with Crippen LogP contribution in [0, 0.1) is 11.6 Å². The fraction of sp³-hybridized carbons (Fsp3) is 0.600. The van der Waals surface area contributed by atoms with Crippen molar-refractivity contribution in [3.8, 4) is 5.75 Å². The van der Waals surface area contributed by atoms with E-state index in [9.17, 15) is 84.2 Å². The van der Waals surface area contributed by atoms with E-state index in [2.05, 4.69) is 5.32 Å². The predicted octanol–water partition coefficient (Wildman–Crippen LogP) is 14.1. The Labute approximate surface area is 371 Å². The summed E-state index contributed by atoms with van der Waals surface area (Å²) >= 11 is 0. The molecule has 0 bridgehead atoms. The van der Waals surface area contributed by atoms with Gasteiger partial charge in [-0.05, 0) is 67.7 Å². The number of nitrogens with one attached hydrogen (secondary N) is 1. The van der Waals surface area contributed by atoms with E-state index in [4.69, 9.17) is 18.6 Å². The molecule has 67 heavy (non-hydrogen) atoms. The fourth-order valence-electron chi connectivity index (χ4n) is 6.46. The van der Waals surface area contributed by atoms with Crippen LogP contribution in [0.1, 0.15) is 73.0 Å². The molecule has 2 aromatic carbocycles. The zero-order chi connectivity index (χ0) is 52.2. The largest absolute Gasteiger partial charge is 0.491 e. The molecule has 382 valence electrons. The van der Waals surface area contributed by atoms with Gasteiger partial charge in [0.2, 0.25) is 0 Å². The number of carbonyl (C=O) groups is 2. The Kier molecular flexibility index (Phi) is 18.4. The van der Waals surface area contributed by atoms with Gasteiger partial charge in [0.15, 0.2) is 8.32 Å². The third kappa shape index (κ3) is 11.9. The summed E-state index contributed by atoms with van der Waals surface area (Å²) in [7, 11) is -4.06. The first-order valence-electron chi connectivity index (χ1n) is 19.6. The summed E-state index contributed by atoms with van der Waals surface area (Å²) in [5.41, 5.74) is -1.51. The summed E-state index contributed by atoms with van der Waals surface area (Å²) in [4.78, 5) is 25.1. The second kappa shape index (κ2) is 21.1. The van der Waals surface area contributed by atoms with Crippen molar-refractivity contribution in [1.29, 1.82) is 0 Å². The summed E-state index contributed by atoms with van der Waals surface area (Å²) in [5, 5.41) is 2.12. The SMILES string of the molecule is CCOC(=O)/C(C)=C(\C)C[C@@H](OC(=O)Nc1ccc(F)cc1F)c1ccc(OCCO[Si](CCC(F)(F)C(F)(F)C(F)(F)C(F)(F)C(F)(F)C(F)(F)C(F)(F)C(F)(F)F)(C(C)C)C(C)C)cc1. The average molecular weight is 1020 g/mol. The third-order valence-electron chi connectivity index (χ3n) is 10.7. The van der Waals surface area contributed by atoms with Crippen molar-refractivity contribution in [2.45, 2.75) is 132 Å². The highest BCUT2D eigenvalue weighted by Gasteiger charge is 2.95. The molecule has 0 aromatic heterocycles. The molecule has 0 saturated carbocycles. The first-order chi connectivity index (χ1) is 30.2. The standard InChI is InChI=1S/C40H44F19NO6Si/c1-8-63-31(61)24(7)23(6)19-30(66-32(62)60-29-14-11-26(41)20-28(29)42)25-9-12-27(13-10-25)64-16-17-65-67(21(2)3,22(4)5)18-15-33(43,44)34(45,46)35(47,48)36(49,50)37(51,52)38(53,54)39(55,56)40(57,58)59/h9-14,20-22,30H,8,15-19H2,1-7H3,(H,60,62)/b24-23+/t30-/m1/s1. The molecule has 0 fully saturated rings. The number of amides is 1. The summed E-state index contributed by atoms with van der Waals surface area (Å²) in [6.07, 6.45) is -13.0. The first kappa shape index (κ1) is 58.7. The number of esters is 1. The number of halogens is 19. The molecule has 1 atom stereocenters. The third-order valence-corrected chi connectivity index (χ3v) is 16.4. The summed E-state index contributed by atoms with van der Waals surface area (Å²) in [6.45, 7) is 8.64. The molecule has 0 spiro atoms. The van der Waals surface area contributed by atoms with Crippen LogP contribution in [-0.4, -0.2) is 87.8 Å². The maximum absolute atomic E-state index is 15.0. The van der Waals surface area contributed by atoms with Crippen molar-refractivity contribution >= 4 is 26.1 Å². The van der Waals surface area contributed by atoms with Crippen LogP contribution in [0.4, 0.5) is 93.9 Å². The topological polar surface area (TPSA) is 83.1 Å². The van der Waals surface area contributed by atoms with Gasteiger partial charge in [-0.1, -0.05) is 45.4 Å². The van der Waals surface area contributed by atoms with Crippen LogP contribution in [0.5, 0.6) is 5.75 Å². The Balaban J connectivity index is 2.33. The Morgan fingerprint density at radius 3 is 1.63 bits per heavy atom. The molecule has 2 rings (SSSR count). The second-order valence-corrected chi connectivity index (χ2v) is 20.7. The van der Waals surface area contributed by atoms with E-state index < -0.39 is 128 Å². The smallest absolute Gasteiger partial charge is 0.460 e. The molecule has 1 N–H and O–H groups in total. The number of hydrogen-bond acceptors (Lipinski definition) is 6. The highest BCUT2D eigenvalue weighted by atomic mass is 28.4.